The Morgan fingerprint density at radius 1 is 1.00 bits per heavy atom. The van der Waals surface area contributed by atoms with E-state index in [1.807, 2.05) is 36.4 Å². The molecule has 1 aliphatic rings. The molecule has 0 aromatic heterocycles. The summed E-state index contributed by atoms with van der Waals surface area (Å²) in [5, 5.41) is 3.29. The smallest absolute Gasteiger partial charge is 0.221 e. The highest BCUT2D eigenvalue weighted by Gasteiger charge is 2.23. The molecule has 0 atom stereocenters. The fourth-order valence-electron chi connectivity index (χ4n) is 3.84. The lowest BCUT2D eigenvalue weighted by molar-refractivity contribution is -0.122. The molecule has 28 heavy (non-hydrogen) atoms. The third-order valence-electron chi connectivity index (χ3n) is 5.50. The molecule has 148 valence electrons. The Balaban J connectivity index is 1.57. The van der Waals surface area contributed by atoms with Gasteiger partial charge in [-0.05, 0) is 37.8 Å². The molecular formula is C25H32N2O. The van der Waals surface area contributed by atoms with Crippen molar-refractivity contribution in [2.45, 2.75) is 45.1 Å². The predicted molar refractivity (Wildman–Crippen MR) is 116 cm³/mol. The number of piperidine rings is 1. The van der Waals surface area contributed by atoms with Crippen LogP contribution in [0, 0.1) is 0 Å². The highest BCUT2D eigenvalue weighted by atomic mass is 16.1. The third kappa shape index (κ3) is 6.07. The van der Waals surface area contributed by atoms with Gasteiger partial charge in [0.25, 0.3) is 0 Å². The van der Waals surface area contributed by atoms with Crippen LogP contribution in [0.2, 0.25) is 0 Å². The lowest BCUT2D eigenvalue weighted by Gasteiger charge is -2.32. The van der Waals surface area contributed by atoms with Crippen LogP contribution in [0.3, 0.4) is 0 Å². The van der Waals surface area contributed by atoms with E-state index in [0.717, 1.165) is 32.5 Å². The maximum absolute atomic E-state index is 12.8. The largest absolute Gasteiger partial charge is 0.353 e. The van der Waals surface area contributed by atoms with Crippen LogP contribution in [0.25, 0.3) is 0 Å². The minimum Gasteiger partial charge on any atom is -0.353 e. The van der Waals surface area contributed by atoms with Crippen molar-refractivity contribution in [2.75, 3.05) is 19.6 Å². The van der Waals surface area contributed by atoms with Crippen LogP contribution >= 0.6 is 0 Å². The van der Waals surface area contributed by atoms with Crippen LogP contribution in [0.4, 0.5) is 0 Å². The van der Waals surface area contributed by atoms with Crippen LogP contribution in [-0.2, 0) is 4.79 Å². The average Bonchev–Trinajstić information content (AvgIpc) is 2.73. The number of hydrogen-bond donors (Lipinski definition) is 1. The summed E-state index contributed by atoms with van der Waals surface area (Å²) >= 11 is 0. The van der Waals surface area contributed by atoms with Gasteiger partial charge in [0, 0.05) is 38.0 Å². The van der Waals surface area contributed by atoms with Crippen LogP contribution in [0.5, 0.6) is 0 Å². The molecule has 2 aromatic carbocycles. The van der Waals surface area contributed by atoms with Crippen LogP contribution in [0.15, 0.2) is 72.3 Å². The summed E-state index contributed by atoms with van der Waals surface area (Å²) in [5.41, 5.74) is 3.75. The lowest BCUT2D eigenvalue weighted by Crippen LogP contribution is -2.44. The second kappa shape index (κ2) is 10.2. The molecule has 3 nitrogen and oxygen atoms in total. The number of allylic oxidation sites excluding steroid dienone is 1. The number of rotatable bonds is 7. The van der Waals surface area contributed by atoms with Crippen molar-refractivity contribution in [3.63, 3.8) is 0 Å². The van der Waals surface area contributed by atoms with Crippen molar-refractivity contribution in [1.29, 1.82) is 0 Å². The number of carbonyl (C=O) groups excluding carboxylic acids is 1. The molecule has 0 bridgehead atoms. The van der Waals surface area contributed by atoms with Gasteiger partial charge in [0.15, 0.2) is 0 Å². The van der Waals surface area contributed by atoms with Gasteiger partial charge >= 0.3 is 0 Å². The van der Waals surface area contributed by atoms with Gasteiger partial charge in [0.2, 0.25) is 5.91 Å². The van der Waals surface area contributed by atoms with Gasteiger partial charge < -0.3 is 5.32 Å². The number of nitrogens with zero attached hydrogens (tertiary/aromatic N) is 1. The summed E-state index contributed by atoms with van der Waals surface area (Å²) in [7, 11) is 0. The van der Waals surface area contributed by atoms with E-state index in [-0.39, 0.29) is 11.8 Å². The van der Waals surface area contributed by atoms with E-state index in [1.165, 1.54) is 16.7 Å². The van der Waals surface area contributed by atoms with E-state index in [2.05, 4.69) is 54.4 Å². The SMILES string of the molecule is CC(C)=CCN1CCC(NC(=O)CC(c2ccccc2)c2ccccc2)CC1. The molecule has 0 spiro atoms. The quantitative estimate of drug-likeness (QED) is 0.707. The monoisotopic (exact) mass is 376 g/mol. The molecule has 1 amide bonds. The van der Waals surface area contributed by atoms with Gasteiger partial charge in [-0.2, -0.15) is 0 Å². The zero-order chi connectivity index (χ0) is 19.8. The van der Waals surface area contributed by atoms with Crippen LogP contribution in [0.1, 0.15) is 50.2 Å². The van der Waals surface area contributed by atoms with Crippen LogP contribution < -0.4 is 5.32 Å². The fourth-order valence-corrected chi connectivity index (χ4v) is 3.84. The number of nitrogens with one attached hydrogen (secondary N) is 1. The van der Waals surface area contributed by atoms with E-state index < -0.39 is 0 Å². The molecule has 0 radical (unpaired) electrons. The van der Waals surface area contributed by atoms with E-state index in [0.29, 0.717) is 12.5 Å². The molecule has 2 aromatic rings. The predicted octanol–water partition coefficient (Wildman–Crippen LogP) is 4.76. The minimum atomic E-state index is 0.0974. The molecule has 0 saturated carbocycles. The molecule has 0 aliphatic carbocycles. The molecule has 1 aliphatic heterocycles. The summed E-state index contributed by atoms with van der Waals surface area (Å²) in [6, 6.07) is 21.0. The first-order chi connectivity index (χ1) is 13.6. The highest BCUT2D eigenvalue weighted by Crippen LogP contribution is 2.28. The number of likely N-dealkylation sites (tertiary alicyclic amines) is 1. The van der Waals surface area contributed by atoms with Crippen molar-refractivity contribution >= 4 is 5.91 Å². The first-order valence-corrected chi connectivity index (χ1v) is 10.4. The Kier molecular flexibility index (Phi) is 7.44. The Hall–Kier alpha value is -2.39. The summed E-state index contributed by atoms with van der Waals surface area (Å²) < 4.78 is 0. The van der Waals surface area contributed by atoms with Gasteiger partial charge in [0.1, 0.15) is 0 Å². The molecule has 1 fully saturated rings. The number of amides is 1. The van der Waals surface area contributed by atoms with Crippen molar-refractivity contribution in [1.82, 2.24) is 10.2 Å². The van der Waals surface area contributed by atoms with Gasteiger partial charge in [-0.15, -0.1) is 0 Å². The summed E-state index contributed by atoms with van der Waals surface area (Å²) in [5.74, 6) is 0.251. The van der Waals surface area contributed by atoms with Gasteiger partial charge in [-0.3, -0.25) is 9.69 Å². The maximum atomic E-state index is 12.8. The summed E-state index contributed by atoms with van der Waals surface area (Å²) in [4.78, 5) is 15.3. The second-order valence-corrected chi connectivity index (χ2v) is 8.00. The zero-order valence-corrected chi connectivity index (χ0v) is 17.1. The number of carbonyl (C=O) groups is 1. The maximum Gasteiger partial charge on any atom is 0.221 e. The number of benzene rings is 2. The van der Waals surface area contributed by atoms with E-state index >= 15 is 0 Å². The van der Waals surface area contributed by atoms with E-state index in [9.17, 15) is 4.79 Å². The topological polar surface area (TPSA) is 32.3 Å². The van der Waals surface area contributed by atoms with Crippen molar-refractivity contribution in [3.8, 4) is 0 Å². The van der Waals surface area contributed by atoms with Gasteiger partial charge in [-0.1, -0.05) is 72.3 Å². The first kappa shape index (κ1) is 20.3. The third-order valence-corrected chi connectivity index (χ3v) is 5.50. The Labute approximate surface area is 169 Å². The van der Waals surface area contributed by atoms with Crippen molar-refractivity contribution in [2.24, 2.45) is 0 Å². The molecule has 3 heteroatoms. The summed E-state index contributed by atoms with van der Waals surface area (Å²) in [6.07, 6.45) is 4.84. The minimum absolute atomic E-state index is 0.0974. The zero-order valence-electron chi connectivity index (χ0n) is 17.1. The summed E-state index contributed by atoms with van der Waals surface area (Å²) in [6.45, 7) is 7.41. The van der Waals surface area contributed by atoms with Crippen LogP contribution in [-0.4, -0.2) is 36.5 Å². The number of hydrogen-bond acceptors (Lipinski definition) is 2. The van der Waals surface area contributed by atoms with E-state index in [4.69, 9.17) is 0 Å². The molecule has 0 unspecified atom stereocenters. The Morgan fingerprint density at radius 2 is 1.54 bits per heavy atom. The van der Waals surface area contributed by atoms with Crippen molar-refractivity contribution in [3.05, 3.63) is 83.4 Å². The average molecular weight is 377 g/mol. The Morgan fingerprint density at radius 3 is 2.04 bits per heavy atom. The molecule has 1 heterocycles. The standard InChI is InChI=1S/C25H32N2O/c1-20(2)13-16-27-17-14-23(15-18-27)26-25(28)19-24(21-9-5-3-6-10-21)22-11-7-4-8-12-22/h3-13,23-24H,14-19H2,1-2H3,(H,26,28). The fraction of sp³-hybridized carbons (Fsp3) is 0.400. The normalized spacial score (nSPS) is 15.4. The van der Waals surface area contributed by atoms with Gasteiger partial charge in [-0.25, -0.2) is 0 Å². The first-order valence-electron chi connectivity index (χ1n) is 10.4. The molecule has 1 N–H and O–H groups in total. The highest BCUT2D eigenvalue weighted by molar-refractivity contribution is 5.78. The Bertz CT molecular complexity index is 718. The lowest BCUT2D eigenvalue weighted by atomic mass is 9.88. The van der Waals surface area contributed by atoms with Crippen molar-refractivity contribution < 1.29 is 4.79 Å². The van der Waals surface area contributed by atoms with Gasteiger partial charge in [0.05, 0.1) is 0 Å². The second-order valence-electron chi connectivity index (χ2n) is 8.00. The molecule has 3 rings (SSSR count). The van der Waals surface area contributed by atoms with E-state index in [1.54, 1.807) is 0 Å². The molecular weight excluding hydrogens is 344 g/mol. The molecule has 1 saturated heterocycles.